The van der Waals surface area contributed by atoms with Gasteiger partial charge in [0.1, 0.15) is 12.0 Å². The molecule has 158 valence electrons. The zero-order chi connectivity index (χ0) is 22.0. The number of hydrogen-bond acceptors (Lipinski definition) is 8. The minimum absolute atomic E-state index is 0.0101. The molecule has 0 aliphatic rings. The Labute approximate surface area is 167 Å². The number of nitrogens with zero attached hydrogens (tertiary/aromatic N) is 3. The lowest BCUT2D eigenvalue weighted by atomic mass is 10.2. The van der Waals surface area contributed by atoms with Gasteiger partial charge in [0.25, 0.3) is 5.69 Å². The molecule has 0 spiro atoms. The number of ether oxygens (including phenoxy) is 1. The molecule has 0 aliphatic heterocycles. The standard InChI is InChI=1S/C18H24N4O7/c1-13(20(2)10-11-23)16(24)12-21(3)17(25)8-9-19-18(26)29-15-6-4-14(5-7-15)22(27)28/h4-7,11,13H,8-10,12H2,1-3H3,(H,19,26). The fourth-order valence-electron chi connectivity index (χ4n) is 2.22. The first-order chi connectivity index (χ1) is 13.6. The third-order valence-corrected chi connectivity index (χ3v) is 4.17. The third-order valence-electron chi connectivity index (χ3n) is 4.17. The van der Waals surface area contributed by atoms with Gasteiger partial charge in [0.2, 0.25) is 5.91 Å². The molecule has 11 nitrogen and oxygen atoms in total. The van der Waals surface area contributed by atoms with Gasteiger partial charge in [0, 0.05) is 32.1 Å². The van der Waals surface area contributed by atoms with Crippen molar-refractivity contribution in [1.29, 1.82) is 0 Å². The zero-order valence-electron chi connectivity index (χ0n) is 16.5. The van der Waals surface area contributed by atoms with Crippen LogP contribution in [0.5, 0.6) is 5.75 Å². The summed E-state index contributed by atoms with van der Waals surface area (Å²) in [6, 6.07) is 4.46. The number of benzene rings is 1. The van der Waals surface area contributed by atoms with E-state index >= 15 is 0 Å². The van der Waals surface area contributed by atoms with Gasteiger partial charge in [0.05, 0.1) is 24.1 Å². The van der Waals surface area contributed by atoms with Crippen molar-refractivity contribution in [3.63, 3.8) is 0 Å². The first kappa shape index (κ1) is 23.7. The zero-order valence-corrected chi connectivity index (χ0v) is 16.5. The number of likely N-dealkylation sites (N-methyl/N-ethyl adjacent to an activating group) is 2. The van der Waals surface area contributed by atoms with E-state index in [1.807, 2.05) is 0 Å². The van der Waals surface area contributed by atoms with Crippen LogP contribution in [-0.2, 0) is 14.4 Å². The molecule has 0 fully saturated rings. The number of amides is 2. The Balaban J connectivity index is 2.37. The van der Waals surface area contributed by atoms with Crippen LogP contribution in [0.4, 0.5) is 10.5 Å². The monoisotopic (exact) mass is 408 g/mol. The van der Waals surface area contributed by atoms with Crippen molar-refractivity contribution in [2.24, 2.45) is 0 Å². The Bertz CT molecular complexity index is 751. The summed E-state index contributed by atoms with van der Waals surface area (Å²) in [7, 11) is 3.11. The molecule has 0 radical (unpaired) electrons. The molecule has 0 aromatic heterocycles. The van der Waals surface area contributed by atoms with Crippen LogP contribution in [-0.4, -0.2) is 78.6 Å². The average Bonchev–Trinajstić information content (AvgIpc) is 2.67. The number of nitro benzene ring substituents is 1. The summed E-state index contributed by atoms with van der Waals surface area (Å²) in [6.45, 7) is 1.64. The van der Waals surface area contributed by atoms with Crippen LogP contribution < -0.4 is 10.1 Å². The summed E-state index contributed by atoms with van der Waals surface area (Å²) in [5.41, 5.74) is -0.132. The lowest BCUT2D eigenvalue weighted by Crippen LogP contribution is -2.43. The molecule has 1 N–H and O–H groups in total. The van der Waals surface area contributed by atoms with Crippen LogP contribution in [0.25, 0.3) is 0 Å². The van der Waals surface area contributed by atoms with Crippen LogP contribution in [0.15, 0.2) is 24.3 Å². The molecule has 0 saturated heterocycles. The van der Waals surface area contributed by atoms with Crippen LogP contribution in [0.2, 0.25) is 0 Å². The van der Waals surface area contributed by atoms with Crippen molar-refractivity contribution < 1.29 is 28.8 Å². The summed E-state index contributed by atoms with van der Waals surface area (Å²) in [4.78, 5) is 59.3. The van der Waals surface area contributed by atoms with Gasteiger partial charge in [-0.2, -0.15) is 0 Å². The minimum Gasteiger partial charge on any atom is -0.410 e. The molecule has 0 saturated carbocycles. The van der Waals surface area contributed by atoms with Crippen molar-refractivity contribution in [3.05, 3.63) is 34.4 Å². The molecule has 0 bridgehead atoms. The Morgan fingerprint density at radius 3 is 2.41 bits per heavy atom. The van der Waals surface area contributed by atoms with Crippen LogP contribution >= 0.6 is 0 Å². The SMILES string of the molecule is CC(C(=O)CN(C)C(=O)CCNC(=O)Oc1ccc([N+](=O)[O-])cc1)N(C)CC=O. The number of hydrogen-bond donors (Lipinski definition) is 1. The van der Waals surface area contributed by atoms with Gasteiger partial charge in [-0.1, -0.05) is 0 Å². The molecule has 1 unspecified atom stereocenters. The molecule has 29 heavy (non-hydrogen) atoms. The van der Waals surface area contributed by atoms with E-state index in [1.54, 1.807) is 18.9 Å². The van der Waals surface area contributed by atoms with Gasteiger partial charge in [-0.05, 0) is 26.1 Å². The molecule has 1 rings (SSSR count). The largest absolute Gasteiger partial charge is 0.412 e. The number of nitrogens with one attached hydrogen (secondary N) is 1. The van der Waals surface area contributed by atoms with Gasteiger partial charge >= 0.3 is 6.09 Å². The fourth-order valence-corrected chi connectivity index (χ4v) is 2.22. The van der Waals surface area contributed by atoms with E-state index < -0.39 is 17.1 Å². The summed E-state index contributed by atoms with van der Waals surface area (Å²) in [5.74, 6) is -0.439. The number of aldehydes is 1. The molecule has 1 aromatic carbocycles. The lowest BCUT2D eigenvalue weighted by Gasteiger charge is -2.24. The summed E-state index contributed by atoms with van der Waals surface area (Å²) >= 11 is 0. The molecule has 1 aromatic rings. The van der Waals surface area contributed by atoms with E-state index in [1.165, 1.54) is 36.2 Å². The van der Waals surface area contributed by atoms with Gasteiger partial charge in [0.15, 0.2) is 5.78 Å². The highest BCUT2D eigenvalue weighted by atomic mass is 16.6. The number of carbonyl (C=O) groups is 4. The number of nitro groups is 1. The normalized spacial score (nSPS) is 11.4. The lowest BCUT2D eigenvalue weighted by molar-refractivity contribution is -0.384. The Kier molecular flexibility index (Phi) is 9.39. The first-order valence-electron chi connectivity index (χ1n) is 8.76. The smallest absolute Gasteiger partial charge is 0.410 e. The van der Waals surface area contributed by atoms with Gasteiger partial charge in [-0.15, -0.1) is 0 Å². The van der Waals surface area contributed by atoms with Crippen molar-refractivity contribution in [2.45, 2.75) is 19.4 Å². The molecular weight excluding hydrogens is 384 g/mol. The molecule has 2 amide bonds. The molecule has 1 atom stereocenters. The molecule has 11 heteroatoms. The second kappa shape index (κ2) is 11.5. The quantitative estimate of drug-likeness (QED) is 0.319. The summed E-state index contributed by atoms with van der Waals surface area (Å²) in [5, 5.41) is 13.0. The Hall–Kier alpha value is -3.34. The van der Waals surface area contributed by atoms with E-state index in [9.17, 15) is 29.3 Å². The third kappa shape index (κ3) is 8.05. The number of Topliss-reactive ketones (excluding diaryl/α,β-unsaturated/α-hetero) is 1. The van der Waals surface area contributed by atoms with Gasteiger partial charge < -0.3 is 19.7 Å². The van der Waals surface area contributed by atoms with E-state index in [-0.39, 0.29) is 49.2 Å². The topological polar surface area (TPSA) is 139 Å². The van der Waals surface area contributed by atoms with Crippen LogP contribution in [0, 0.1) is 10.1 Å². The van der Waals surface area contributed by atoms with Crippen LogP contribution in [0.1, 0.15) is 13.3 Å². The van der Waals surface area contributed by atoms with Crippen molar-refractivity contribution in [3.8, 4) is 5.75 Å². The number of carbonyl (C=O) groups excluding carboxylic acids is 4. The average molecular weight is 408 g/mol. The maximum atomic E-state index is 12.1. The summed E-state index contributed by atoms with van der Waals surface area (Å²) in [6.07, 6.45) is -0.160. The van der Waals surface area contributed by atoms with Crippen molar-refractivity contribution in [1.82, 2.24) is 15.1 Å². The van der Waals surface area contributed by atoms with Crippen LogP contribution in [0.3, 0.4) is 0 Å². The van der Waals surface area contributed by atoms with E-state index in [0.717, 1.165) is 0 Å². The van der Waals surface area contributed by atoms with E-state index in [0.29, 0.717) is 6.29 Å². The Morgan fingerprint density at radius 1 is 1.24 bits per heavy atom. The predicted molar refractivity (Wildman–Crippen MR) is 103 cm³/mol. The minimum atomic E-state index is -0.811. The number of ketones is 1. The van der Waals surface area contributed by atoms with Crippen molar-refractivity contribution >= 4 is 29.8 Å². The Morgan fingerprint density at radius 2 is 1.86 bits per heavy atom. The highest BCUT2D eigenvalue weighted by Crippen LogP contribution is 2.17. The van der Waals surface area contributed by atoms with E-state index in [4.69, 9.17) is 4.74 Å². The van der Waals surface area contributed by atoms with Gasteiger partial charge in [-0.3, -0.25) is 24.6 Å². The maximum Gasteiger partial charge on any atom is 0.412 e. The molecule has 0 heterocycles. The number of non-ortho nitro benzene ring substituents is 1. The first-order valence-corrected chi connectivity index (χ1v) is 8.76. The highest BCUT2D eigenvalue weighted by Gasteiger charge is 2.21. The predicted octanol–water partition coefficient (Wildman–Crippen LogP) is 0.620. The second-order valence-corrected chi connectivity index (χ2v) is 6.32. The second-order valence-electron chi connectivity index (χ2n) is 6.32. The molecular formula is C18H24N4O7. The van der Waals surface area contributed by atoms with E-state index in [2.05, 4.69) is 5.32 Å². The highest BCUT2D eigenvalue weighted by molar-refractivity contribution is 5.89. The van der Waals surface area contributed by atoms with Gasteiger partial charge in [-0.25, -0.2) is 4.79 Å². The molecule has 0 aliphatic carbocycles. The van der Waals surface area contributed by atoms with Crippen molar-refractivity contribution in [2.75, 3.05) is 33.7 Å². The fraction of sp³-hybridized carbons (Fsp3) is 0.444. The number of rotatable bonds is 11. The summed E-state index contributed by atoms with van der Waals surface area (Å²) < 4.78 is 4.95. The maximum absolute atomic E-state index is 12.1.